The molecule has 2 aliphatic rings. The summed E-state index contributed by atoms with van der Waals surface area (Å²) in [5.41, 5.74) is -0.573. The van der Waals surface area contributed by atoms with Crippen LogP contribution in [0.3, 0.4) is 0 Å². The van der Waals surface area contributed by atoms with Crippen LogP contribution in [0.25, 0.3) is 0 Å². The summed E-state index contributed by atoms with van der Waals surface area (Å²) >= 11 is 0. The summed E-state index contributed by atoms with van der Waals surface area (Å²) in [6, 6.07) is 18.8. The Morgan fingerprint density at radius 2 is 1.78 bits per heavy atom. The molecule has 8 nitrogen and oxygen atoms in total. The minimum atomic E-state index is -1.64. The Hall–Kier alpha value is -4.17. The van der Waals surface area contributed by atoms with Gasteiger partial charge in [-0.05, 0) is 54.2 Å². The molecular weight excluding hydrogens is 474 g/mol. The molecule has 3 unspecified atom stereocenters. The highest BCUT2D eigenvalue weighted by Crippen LogP contribution is 2.55. The number of carbonyl (C=O) groups excluding carboxylic acids is 3. The van der Waals surface area contributed by atoms with Crippen molar-refractivity contribution in [2.45, 2.75) is 43.6 Å². The van der Waals surface area contributed by atoms with E-state index in [-0.39, 0.29) is 53.7 Å². The Kier molecular flexibility index (Phi) is 6.00. The van der Waals surface area contributed by atoms with Crippen molar-refractivity contribution in [3.05, 3.63) is 105 Å². The van der Waals surface area contributed by atoms with E-state index in [2.05, 4.69) is 0 Å². The minimum Gasteiger partial charge on any atom is -0.423 e. The molecule has 0 amide bonds. The van der Waals surface area contributed by atoms with Crippen LogP contribution in [0.15, 0.2) is 72.8 Å². The maximum Gasteiger partial charge on any atom is 0.343 e. The van der Waals surface area contributed by atoms with Gasteiger partial charge in [0.1, 0.15) is 11.4 Å². The van der Waals surface area contributed by atoms with E-state index in [9.17, 15) is 29.6 Å². The van der Waals surface area contributed by atoms with Gasteiger partial charge in [-0.15, -0.1) is 0 Å². The highest BCUT2D eigenvalue weighted by atomic mass is 16.6. The lowest BCUT2D eigenvalue weighted by molar-refractivity contribution is -0.384. The van der Waals surface area contributed by atoms with Crippen LogP contribution >= 0.6 is 0 Å². The van der Waals surface area contributed by atoms with Crippen LogP contribution in [0.5, 0.6) is 5.75 Å². The second-order valence-corrected chi connectivity index (χ2v) is 9.77. The molecule has 2 aliphatic carbocycles. The molecule has 37 heavy (non-hydrogen) atoms. The van der Waals surface area contributed by atoms with Gasteiger partial charge >= 0.3 is 5.97 Å². The third-order valence-electron chi connectivity index (χ3n) is 7.93. The fourth-order valence-electron chi connectivity index (χ4n) is 5.89. The normalized spacial score (nSPS) is 24.6. The average Bonchev–Trinajstić information content (AvgIpc) is 2.90. The molecule has 0 heterocycles. The number of carbonyl (C=O) groups is 3. The molecule has 3 atom stereocenters. The first-order valence-electron chi connectivity index (χ1n) is 12.1. The molecule has 1 N–H and O–H groups in total. The van der Waals surface area contributed by atoms with E-state index < -0.39 is 21.9 Å². The predicted octanol–water partition coefficient (Wildman–Crippen LogP) is 4.92. The zero-order valence-electron chi connectivity index (χ0n) is 20.2. The molecule has 0 bridgehead atoms. The van der Waals surface area contributed by atoms with Crippen LogP contribution in [-0.4, -0.2) is 27.6 Å². The smallest absolute Gasteiger partial charge is 0.343 e. The van der Waals surface area contributed by atoms with Crippen molar-refractivity contribution in [2.75, 3.05) is 0 Å². The van der Waals surface area contributed by atoms with E-state index >= 15 is 0 Å². The van der Waals surface area contributed by atoms with Crippen molar-refractivity contribution in [3.8, 4) is 5.75 Å². The van der Waals surface area contributed by atoms with Crippen molar-refractivity contribution in [2.24, 2.45) is 5.92 Å². The van der Waals surface area contributed by atoms with E-state index in [1.54, 1.807) is 36.4 Å². The van der Waals surface area contributed by atoms with Crippen LogP contribution < -0.4 is 4.74 Å². The van der Waals surface area contributed by atoms with E-state index in [4.69, 9.17) is 4.74 Å². The molecule has 0 aliphatic heterocycles. The molecule has 0 radical (unpaired) electrons. The van der Waals surface area contributed by atoms with Gasteiger partial charge in [-0.1, -0.05) is 43.3 Å². The summed E-state index contributed by atoms with van der Waals surface area (Å²) in [6.07, 6.45) is 1.03. The van der Waals surface area contributed by atoms with Gasteiger partial charge in [0.15, 0.2) is 11.6 Å². The second kappa shape index (κ2) is 9.05. The summed E-state index contributed by atoms with van der Waals surface area (Å²) in [7, 11) is 0. The van der Waals surface area contributed by atoms with Crippen molar-refractivity contribution in [3.63, 3.8) is 0 Å². The van der Waals surface area contributed by atoms with Gasteiger partial charge in [0.05, 0.1) is 10.5 Å². The van der Waals surface area contributed by atoms with Crippen LogP contribution in [0.1, 0.15) is 64.4 Å². The molecular formula is C29H25NO7. The van der Waals surface area contributed by atoms with E-state index in [1.165, 1.54) is 30.3 Å². The number of aliphatic hydroxyl groups is 1. The number of hydrogen-bond acceptors (Lipinski definition) is 7. The van der Waals surface area contributed by atoms with Gasteiger partial charge < -0.3 is 9.84 Å². The number of Topliss-reactive ketones (excluding diaryl/α,β-unsaturated/α-hetero) is 2. The number of hydrogen-bond donors (Lipinski definition) is 1. The lowest BCUT2D eigenvalue weighted by Crippen LogP contribution is -2.54. The van der Waals surface area contributed by atoms with Gasteiger partial charge in [0, 0.05) is 36.0 Å². The first kappa shape index (κ1) is 24.5. The third kappa shape index (κ3) is 4.03. The van der Waals surface area contributed by atoms with Crippen LogP contribution in [-0.2, 0) is 15.8 Å². The second-order valence-electron chi connectivity index (χ2n) is 9.77. The van der Waals surface area contributed by atoms with E-state index in [1.807, 2.05) is 13.0 Å². The zero-order valence-corrected chi connectivity index (χ0v) is 20.2. The molecule has 0 aromatic heterocycles. The van der Waals surface area contributed by atoms with Crippen molar-refractivity contribution < 1.29 is 29.2 Å². The molecule has 1 saturated carbocycles. The lowest BCUT2D eigenvalue weighted by atomic mass is 9.52. The first-order valence-corrected chi connectivity index (χ1v) is 12.1. The van der Waals surface area contributed by atoms with E-state index in [0.717, 1.165) is 5.56 Å². The van der Waals surface area contributed by atoms with Crippen molar-refractivity contribution in [1.82, 2.24) is 0 Å². The molecule has 5 rings (SSSR count). The number of rotatable bonds is 5. The number of esters is 1. The third-order valence-corrected chi connectivity index (χ3v) is 7.93. The molecule has 3 aromatic carbocycles. The SMILES string of the molecule is CCC12CC(=O)C(O)(c3ccccc3)CC1CC(=O)c1cc(OC(=O)c3ccc([N+](=O)[O-])cc3)ccc12. The van der Waals surface area contributed by atoms with Crippen LogP contribution in [0.2, 0.25) is 0 Å². The Labute approximate surface area is 213 Å². The number of nitro groups is 1. The molecule has 1 fully saturated rings. The quantitative estimate of drug-likeness (QED) is 0.229. The largest absolute Gasteiger partial charge is 0.423 e. The number of fused-ring (bicyclic) bond motifs is 3. The Bertz CT molecular complexity index is 1420. The summed E-state index contributed by atoms with van der Waals surface area (Å²) in [6.45, 7) is 1.98. The highest BCUT2D eigenvalue weighted by Gasteiger charge is 2.57. The van der Waals surface area contributed by atoms with Crippen molar-refractivity contribution in [1.29, 1.82) is 0 Å². The number of ether oxygens (including phenoxy) is 1. The van der Waals surface area contributed by atoms with E-state index in [0.29, 0.717) is 17.5 Å². The minimum absolute atomic E-state index is 0.0990. The topological polar surface area (TPSA) is 124 Å². The monoisotopic (exact) mass is 499 g/mol. The summed E-state index contributed by atoms with van der Waals surface area (Å²) < 4.78 is 5.46. The van der Waals surface area contributed by atoms with Gasteiger partial charge in [-0.3, -0.25) is 19.7 Å². The van der Waals surface area contributed by atoms with Gasteiger partial charge in [0.2, 0.25) is 0 Å². The number of non-ortho nitro benzene ring substituents is 1. The van der Waals surface area contributed by atoms with Crippen molar-refractivity contribution >= 4 is 23.2 Å². The molecule has 0 saturated heterocycles. The Balaban J connectivity index is 1.45. The number of nitro benzene ring substituents is 1. The molecule has 3 aromatic rings. The predicted molar refractivity (Wildman–Crippen MR) is 133 cm³/mol. The maximum absolute atomic E-state index is 13.4. The number of benzene rings is 3. The Morgan fingerprint density at radius 3 is 2.43 bits per heavy atom. The lowest BCUT2D eigenvalue weighted by Gasteiger charge is -2.51. The highest BCUT2D eigenvalue weighted by molar-refractivity contribution is 6.02. The average molecular weight is 500 g/mol. The van der Waals surface area contributed by atoms with Gasteiger partial charge in [0.25, 0.3) is 5.69 Å². The summed E-state index contributed by atoms with van der Waals surface area (Å²) in [4.78, 5) is 49.6. The standard InChI is InChI=1S/C29H25NO7/c1-2-28-17-26(32)29(34,19-6-4-3-5-7-19)16-20(28)14-25(31)23-15-22(12-13-24(23)28)37-27(33)18-8-10-21(11-9-18)30(35)36/h3-13,15,20,34H,2,14,16-17H2,1H3. The zero-order chi connectivity index (χ0) is 26.4. The molecule has 8 heteroatoms. The van der Waals surface area contributed by atoms with Gasteiger partial charge in [-0.2, -0.15) is 0 Å². The first-order chi connectivity index (χ1) is 17.7. The fourth-order valence-corrected chi connectivity index (χ4v) is 5.89. The number of ketones is 2. The number of nitrogens with zero attached hydrogens (tertiary/aromatic N) is 1. The summed E-state index contributed by atoms with van der Waals surface area (Å²) in [5, 5.41) is 22.3. The summed E-state index contributed by atoms with van der Waals surface area (Å²) in [5.74, 6) is -1.17. The fraction of sp³-hybridized carbons (Fsp3) is 0.276. The van der Waals surface area contributed by atoms with Crippen LogP contribution in [0.4, 0.5) is 5.69 Å². The van der Waals surface area contributed by atoms with Crippen LogP contribution in [0, 0.1) is 16.0 Å². The maximum atomic E-state index is 13.4. The molecule has 188 valence electrons. The molecule has 0 spiro atoms. The van der Waals surface area contributed by atoms with Gasteiger partial charge in [-0.25, -0.2) is 4.79 Å². The Morgan fingerprint density at radius 1 is 1.08 bits per heavy atom.